The fourth-order valence-corrected chi connectivity index (χ4v) is 1.74. The largest absolute Gasteiger partial charge is 0.323 e. The lowest BCUT2D eigenvalue weighted by atomic mass is 10.3. The highest BCUT2D eigenvalue weighted by Gasteiger charge is 2.17. The molecule has 104 valence electrons. The van der Waals surface area contributed by atoms with E-state index in [0.717, 1.165) is 0 Å². The molecule has 6 nitrogen and oxygen atoms in total. The first-order chi connectivity index (χ1) is 9.60. The molecular weight excluding hydrogens is 256 g/mol. The number of benzene rings is 1. The van der Waals surface area contributed by atoms with E-state index in [0.29, 0.717) is 17.9 Å². The molecular formula is C14H16N4O2. The lowest BCUT2D eigenvalue weighted by Gasteiger charge is -2.04. The smallest absolute Gasteiger partial charge is 0.278 e. The van der Waals surface area contributed by atoms with Crippen LogP contribution in [0.5, 0.6) is 0 Å². The van der Waals surface area contributed by atoms with Gasteiger partial charge < -0.3 is 10.6 Å². The molecule has 0 aliphatic carbocycles. The van der Waals surface area contributed by atoms with Gasteiger partial charge in [0.05, 0.1) is 5.69 Å². The summed E-state index contributed by atoms with van der Waals surface area (Å²) in [5, 5.41) is 9.52. The molecule has 0 radical (unpaired) electrons. The zero-order valence-electron chi connectivity index (χ0n) is 11.4. The van der Waals surface area contributed by atoms with Gasteiger partial charge >= 0.3 is 0 Å². The Kier molecular flexibility index (Phi) is 4.14. The lowest BCUT2D eigenvalue weighted by molar-refractivity contribution is -0.114. The van der Waals surface area contributed by atoms with Gasteiger partial charge in [-0.05, 0) is 19.1 Å². The molecule has 1 aromatic carbocycles. The van der Waals surface area contributed by atoms with Gasteiger partial charge in [-0.15, -0.1) is 0 Å². The molecule has 0 aliphatic rings. The van der Waals surface area contributed by atoms with Crippen LogP contribution in [-0.4, -0.2) is 21.6 Å². The fourth-order valence-electron chi connectivity index (χ4n) is 1.74. The predicted octanol–water partition coefficient (Wildman–Crippen LogP) is 2.11. The van der Waals surface area contributed by atoms with Crippen molar-refractivity contribution in [2.24, 2.45) is 0 Å². The standard InChI is InChI=1S/C14H16N4O2/c1-3-18-9-12(15-10(2)19)13(17-18)14(20)16-11-7-5-4-6-8-11/h4-9H,3H2,1-2H3,(H,15,19)(H,16,20). The topological polar surface area (TPSA) is 76.0 Å². The van der Waals surface area contributed by atoms with E-state index in [1.165, 1.54) is 6.92 Å². The fraction of sp³-hybridized carbons (Fsp3) is 0.214. The SMILES string of the molecule is CCn1cc(NC(C)=O)c(C(=O)Nc2ccccc2)n1. The van der Waals surface area contributed by atoms with Gasteiger partial charge in [0.2, 0.25) is 5.91 Å². The van der Waals surface area contributed by atoms with Crippen molar-refractivity contribution in [3.05, 3.63) is 42.2 Å². The summed E-state index contributed by atoms with van der Waals surface area (Å²) in [6.45, 7) is 3.91. The van der Waals surface area contributed by atoms with E-state index in [1.807, 2.05) is 25.1 Å². The molecule has 1 aromatic heterocycles. The van der Waals surface area contributed by atoms with Crippen LogP contribution in [0.1, 0.15) is 24.3 Å². The summed E-state index contributed by atoms with van der Waals surface area (Å²) < 4.78 is 1.60. The first kappa shape index (κ1) is 13.8. The number of anilines is 2. The molecule has 1 heterocycles. The summed E-state index contributed by atoms with van der Waals surface area (Å²) in [6.07, 6.45) is 1.64. The van der Waals surface area contributed by atoms with Gasteiger partial charge in [0.1, 0.15) is 0 Å². The Hall–Kier alpha value is -2.63. The minimum Gasteiger partial charge on any atom is -0.323 e. The number of aryl methyl sites for hydroxylation is 1. The molecule has 2 rings (SSSR count). The van der Waals surface area contributed by atoms with Gasteiger partial charge in [-0.3, -0.25) is 14.3 Å². The quantitative estimate of drug-likeness (QED) is 0.895. The second-order valence-electron chi connectivity index (χ2n) is 4.25. The van der Waals surface area contributed by atoms with E-state index in [1.54, 1.807) is 23.0 Å². The normalized spacial score (nSPS) is 10.1. The van der Waals surface area contributed by atoms with Crippen molar-refractivity contribution in [2.45, 2.75) is 20.4 Å². The maximum atomic E-state index is 12.2. The van der Waals surface area contributed by atoms with Crippen molar-refractivity contribution >= 4 is 23.2 Å². The molecule has 2 amide bonds. The second-order valence-corrected chi connectivity index (χ2v) is 4.25. The average Bonchev–Trinajstić information content (AvgIpc) is 2.82. The molecule has 0 fully saturated rings. The number of nitrogens with zero attached hydrogens (tertiary/aromatic N) is 2. The van der Waals surface area contributed by atoms with Crippen LogP contribution in [-0.2, 0) is 11.3 Å². The first-order valence-electron chi connectivity index (χ1n) is 6.31. The maximum Gasteiger partial charge on any atom is 0.278 e. The molecule has 0 spiro atoms. The van der Waals surface area contributed by atoms with Crippen molar-refractivity contribution in [3.63, 3.8) is 0 Å². The minimum absolute atomic E-state index is 0.200. The summed E-state index contributed by atoms with van der Waals surface area (Å²) >= 11 is 0. The zero-order chi connectivity index (χ0) is 14.5. The van der Waals surface area contributed by atoms with Crippen LogP contribution in [0.4, 0.5) is 11.4 Å². The van der Waals surface area contributed by atoms with Gasteiger partial charge in [-0.25, -0.2) is 0 Å². The molecule has 0 bridgehead atoms. The number of rotatable bonds is 4. The number of amides is 2. The summed E-state index contributed by atoms with van der Waals surface area (Å²) in [5.41, 5.74) is 1.29. The Bertz CT molecular complexity index is 619. The minimum atomic E-state index is -0.354. The number of hydrogen-bond acceptors (Lipinski definition) is 3. The number of para-hydroxylation sites is 1. The van der Waals surface area contributed by atoms with Crippen LogP contribution in [0.25, 0.3) is 0 Å². The second kappa shape index (κ2) is 6.01. The van der Waals surface area contributed by atoms with E-state index in [2.05, 4.69) is 15.7 Å². The number of hydrogen-bond donors (Lipinski definition) is 2. The molecule has 0 saturated heterocycles. The predicted molar refractivity (Wildman–Crippen MR) is 76.6 cm³/mol. The molecule has 20 heavy (non-hydrogen) atoms. The van der Waals surface area contributed by atoms with E-state index in [4.69, 9.17) is 0 Å². The van der Waals surface area contributed by atoms with E-state index >= 15 is 0 Å². The highest BCUT2D eigenvalue weighted by atomic mass is 16.2. The highest BCUT2D eigenvalue weighted by molar-refractivity contribution is 6.08. The van der Waals surface area contributed by atoms with Crippen LogP contribution < -0.4 is 10.6 Å². The highest BCUT2D eigenvalue weighted by Crippen LogP contribution is 2.16. The number of carbonyl (C=O) groups excluding carboxylic acids is 2. The average molecular weight is 272 g/mol. The van der Waals surface area contributed by atoms with Crippen molar-refractivity contribution in [2.75, 3.05) is 10.6 Å². The lowest BCUT2D eigenvalue weighted by Crippen LogP contribution is -2.16. The van der Waals surface area contributed by atoms with Gasteiger partial charge in [0.15, 0.2) is 5.69 Å². The molecule has 2 N–H and O–H groups in total. The monoisotopic (exact) mass is 272 g/mol. The van der Waals surface area contributed by atoms with Crippen LogP contribution in [0.2, 0.25) is 0 Å². The molecule has 0 unspecified atom stereocenters. The van der Waals surface area contributed by atoms with Gasteiger partial charge in [0, 0.05) is 25.4 Å². The summed E-state index contributed by atoms with van der Waals surface area (Å²) in [4.78, 5) is 23.4. The van der Waals surface area contributed by atoms with Crippen LogP contribution in [0.3, 0.4) is 0 Å². The van der Waals surface area contributed by atoms with E-state index < -0.39 is 0 Å². The molecule has 6 heteroatoms. The van der Waals surface area contributed by atoms with Gasteiger partial charge in [-0.2, -0.15) is 5.10 Å². The van der Waals surface area contributed by atoms with Crippen LogP contribution >= 0.6 is 0 Å². The summed E-state index contributed by atoms with van der Waals surface area (Å²) in [7, 11) is 0. The molecule has 0 aliphatic heterocycles. The molecule has 0 atom stereocenters. The number of carbonyl (C=O) groups is 2. The zero-order valence-corrected chi connectivity index (χ0v) is 11.4. The van der Waals surface area contributed by atoms with Crippen molar-refractivity contribution in [1.82, 2.24) is 9.78 Å². The Labute approximate surface area is 116 Å². The Morgan fingerprint density at radius 3 is 2.50 bits per heavy atom. The number of nitrogens with one attached hydrogen (secondary N) is 2. The maximum absolute atomic E-state index is 12.2. The third-order valence-corrected chi connectivity index (χ3v) is 2.64. The Morgan fingerprint density at radius 2 is 1.90 bits per heavy atom. The van der Waals surface area contributed by atoms with E-state index in [-0.39, 0.29) is 17.5 Å². The third-order valence-electron chi connectivity index (χ3n) is 2.64. The first-order valence-corrected chi connectivity index (χ1v) is 6.31. The van der Waals surface area contributed by atoms with Gasteiger partial charge in [-0.1, -0.05) is 18.2 Å². The van der Waals surface area contributed by atoms with Gasteiger partial charge in [0.25, 0.3) is 5.91 Å². The Balaban J connectivity index is 2.24. The molecule has 2 aromatic rings. The number of aromatic nitrogens is 2. The van der Waals surface area contributed by atoms with Crippen molar-refractivity contribution < 1.29 is 9.59 Å². The van der Waals surface area contributed by atoms with Crippen molar-refractivity contribution in [3.8, 4) is 0 Å². The van der Waals surface area contributed by atoms with Crippen LogP contribution in [0.15, 0.2) is 36.5 Å². The summed E-state index contributed by atoms with van der Waals surface area (Å²) in [6, 6.07) is 9.09. The van der Waals surface area contributed by atoms with Crippen molar-refractivity contribution in [1.29, 1.82) is 0 Å². The summed E-state index contributed by atoms with van der Waals surface area (Å²) in [5.74, 6) is -0.596. The molecule has 0 saturated carbocycles. The third kappa shape index (κ3) is 3.23. The van der Waals surface area contributed by atoms with E-state index in [9.17, 15) is 9.59 Å². The Morgan fingerprint density at radius 1 is 1.20 bits per heavy atom. The van der Waals surface area contributed by atoms with Crippen LogP contribution in [0, 0.1) is 0 Å².